The maximum Gasteiger partial charge on any atom is 0.258 e. The third-order valence-corrected chi connectivity index (χ3v) is 1.96. The van der Waals surface area contributed by atoms with Gasteiger partial charge in [0, 0.05) is 18.5 Å². The number of pyridine rings is 1. The van der Waals surface area contributed by atoms with Crippen LogP contribution in [-0.4, -0.2) is 26.2 Å². The van der Waals surface area contributed by atoms with E-state index in [-0.39, 0.29) is 12.5 Å². The van der Waals surface area contributed by atoms with Gasteiger partial charge in [-0.15, -0.1) is 0 Å². The first-order valence-electron chi connectivity index (χ1n) is 4.66. The fraction of sp³-hybridized carbons (Fsp3) is 0.100. The van der Waals surface area contributed by atoms with Crippen LogP contribution in [0, 0.1) is 0 Å². The quantitative estimate of drug-likeness (QED) is 0.701. The van der Waals surface area contributed by atoms with Crippen molar-refractivity contribution in [2.75, 3.05) is 5.32 Å². The highest BCUT2D eigenvalue weighted by atomic mass is 16.3. The number of H-pyrrole nitrogens is 1. The number of hydrogen-bond acceptors (Lipinski definition) is 4. The number of aliphatic hydroxyl groups is 1. The molecule has 0 unspecified atom stereocenters. The number of anilines is 1. The Morgan fingerprint density at radius 2 is 2.44 bits per heavy atom. The van der Waals surface area contributed by atoms with Crippen LogP contribution in [0.3, 0.4) is 0 Å². The maximum atomic E-state index is 11.7. The summed E-state index contributed by atoms with van der Waals surface area (Å²) in [6, 6.07) is 4.90. The summed E-state index contributed by atoms with van der Waals surface area (Å²) < 4.78 is 0. The summed E-state index contributed by atoms with van der Waals surface area (Å²) in [4.78, 5) is 15.5. The van der Waals surface area contributed by atoms with Crippen molar-refractivity contribution in [1.82, 2.24) is 15.2 Å². The Hall–Kier alpha value is -2.21. The zero-order chi connectivity index (χ0) is 11.4. The number of aromatic nitrogens is 3. The largest absolute Gasteiger partial charge is 0.390 e. The van der Waals surface area contributed by atoms with Crippen LogP contribution < -0.4 is 5.32 Å². The first kappa shape index (κ1) is 10.3. The minimum Gasteiger partial charge on any atom is -0.390 e. The van der Waals surface area contributed by atoms with Gasteiger partial charge < -0.3 is 10.4 Å². The lowest BCUT2D eigenvalue weighted by atomic mass is 10.3. The minimum atomic E-state index is -0.277. The Labute approximate surface area is 91.3 Å². The van der Waals surface area contributed by atoms with E-state index >= 15 is 0 Å². The molecule has 2 heterocycles. The molecule has 0 spiro atoms. The van der Waals surface area contributed by atoms with E-state index in [9.17, 15) is 4.79 Å². The lowest BCUT2D eigenvalue weighted by molar-refractivity contribution is 0.102. The highest BCUT2D eigenvalue weighted by molar-refractivity contribution is 6.03. The summed E-state index contributed by atoms with van der Waals surface area (Å²) in [7, 11) is 0. The van der Waals surface area contributed by atoms with Gasteiger partial charge in [-0.2, -0.15) is 5.10 Å². The molecule has 2 aromatic rings. The van der Waals surface area contributed by atoms with E-state index in [1.165, 1.54) is 6.20 Å². The summed E-state index contributed by atoms with van der Waals surface area (Å²) in [6.07, 6.45) is 3.06. The number of hydrogen-bond donors (Lipinski definition) is 3. The topological polar surface area (TPSA) is 90.9 Å². The summed E-state index contributed by atoms with van der Waals surface area (Å²) >= 11 is 0. The van der Waals surface area contributed by atoms with Crippen LogP contribution in [0.5, 0.6) is 0 Å². The zero-order valence-corrected chi connectivity index (χ0v) is 8.34. The number of aliphatic hydroxyl groups excluding tert-OH is 1. The first-order chi connectivity index (χ1) is 7.79. The average molecular weight is 218 g/mol. The molecule has 0 bridgehead atoms. The number of nitrogens with one attached hydrogen (secondary N) is 2. The van der Waals surface area contributed by atoms with Crippen LogP contribution in [0.4, 0.5) is 5.82 Å². The van der Waals surface area contributed by atoms with Gasteiger partial charge in [-0.1, -0.05) is 0 Å². The van der Waals surface area contributed by atoms with Gasteiger partial charge in [-0.3, -0.25) is 14.9 Å². The van der Waals surface area contributed by atoms with Crippen LogP contribution >= 0.6 is 0 Å². The molecule has 0 aliphatic heterocycles. The van der Waals surface area contributed by atoms with Crippen molar-refractivity contribution < 1.29 is 9.90 Å². The predicted molar refractivity (Wildman–Crippen MR) is 56.7 cm³/mol. The number of carbonyl (C=O) groups excluding carboxylic acids is 1. The van der Waals surface area contributed by atoms with Crippen molar-refractivity contribution in [3.8, 4) is 0 Å². The van der Waals surface area contributed by atoms with Gasteiger partial charge in [-0.25, -0.2) is 0 Å². The molecule has 3 N–H and O–H groups in total. The highest BCUT2D eigenvalue weighted by Gasteiger charge is 2.07. The third-order valence-electron chi connectivity index (χ3n) is 1.96. The van der Waals surface area contributed by atoms with Gasteiger partial charge in [0.2, 0.25) is 0 Å². The van der Waals surface area contributed by atoms with E-state index in [1.807, 2.05) is 0 Å². The molecule has 2 aromatic heterocycles. The Morgan fingerprint density at radius 3 is 3.06 bits per heavy atom. The van der Waals surface area contributed by atoms with Gasteiger partial charge in [0.05, 0.1) is 17.9 Å². The fourth-order valence-electron chi connectivity index (χ4n) is 1.20. The molecule has 1 amide bonds. The zero-order valence-electron chi connectivity index (χ0n) is 8.34. The van der Waals surface area contributed by atoms with E-state index < -0.39 is 0 Å². The SMILES string of the molecule is O=C(Nc1cc(CO)n[nH]1)c1cccnc1. The number of amides is 1. The Kier molecular flexibility index (Phi) is 2.93. The minimum absolute atomic E-state index is 0.167. The smallest absolute Gasteiger partial charge is 0.258 e. The van der Waals surface area contributed by atoms with Crippen molar-refractivity contribution in [3.05, 3.63) is 41.9 Å². The average Bonchev–Trinajstić information content (AvgIpc) is 2.78. The maximum absolute atomic E-state index is 11.7. The van der Waals surface area contributed by atoms with Gasteiger partial charge >= 0.3 is 0 Å². The van der Waals surface area contributed by atoms with Gasteiger partial charge in [0.1, 0.15) is 5.82 Å². The second kappa shape index (κ2) is 4.54. The van der Waals surface area contributed by atoms with Crippen LogP contribution in [0.2, 0.25) is 0 Å². The molecule has 0 radical (unpaired) electrons. The summed E-state index contributed by atoms with van der Waals surface area (Å²) in [6.45, 7) is -0.167. The van der Waals surface area contributed by atoms with E-state index in [0.29, 0.717) is 17.1 Å². The highest BCUT2D eigenvalue weighted by Crippen LogP contribution is 2.07. The van der Waals surface area contributed by atoms with Gasteiger partial charge in [0.25, 0.3) is 5.91 Å². The summed E-state index contributed by atoms with van der Waals surface area (Å²) in [5, 5.41) is 17.8. The molecule has 82 valence electrons. The van der Waals surface area contributed by atoms with Crippen LogP contribution in [0.1, 0.15) is 16.1 Å². The van der Waals surface area contributed by atoms with Crippen molar-refractivity contribution in [2.24, 2.45) is 0 Å². The molecule has 0 aliphatic carbocycles. The number of aromatic amines is 1. The Bertz CT molecular complexity index is 481. The molecule has 2 rings (SSSR count). The van der Waals surface area contributed by atoms with E-state index in [4.69, 9.17) is 5.11 Å². The third kappa shape index (κ3) is 2.23. The normalized spacial score (nSPS) is 10.1. The molecular weight excluding hydrogens is 208 g/mol. The second-order valence-electron chi connectivity index (χ2n) is 3.13. The summed E-state index contributed by atoms with van der Waals surface area (Å²) in [5.74, 6) is 0.166. The molecule has 16 heavy (non-hydrogen) atoms. The monoisotopic (exact) mass is 218 g/mol. The van der Waals surface area contributed by atoms with Crippen LogP contribution in [0.25, 0.3) is 0 Å². The molecule has 0 saturated carbocycles. The molecule has 0 aliphatic rings. The second-order valence-corrected chi connectivity index (χ2v) is 3.13. The molecule has 0 saturated heterocycles. The lowest BCUT2D eigenvalue weighted by Crippen LogP contribution is -2.12. The molecule has 6 nitrogen and oxygen atoms in total. The van der Waals surface area contributed by atoms with Crippen molar-refractivity contribution >= 4 is 11.7 Å². The molecular formula is C10H10N4O2. The number of nitrogens with zero attached hydrogens (tertiary/aromatic N) is 2. The van der Waals surface area contributed by atoms with Gasteiger partial charge in [-0.05, 0) is 12.1 Å². The van der Waals surface area contributed by atoms with Gasteiger partial charge in [0.15, 0.2) is 0 Å². The number of rotatable bonds is 3. The molecule has 0 aromatic carbocycles. The van der Waals surface area contributed by atoms with E-state index in [1.54, 1.807) is 24.4 Å². The predicted octanol–water partition coefficient (Wildman–Crippen LogP) is 0.549. The standard InChI is InChI=1S/C10H10N4O2/c15-6-8-4-9(14-13-8)12-10(16)7-2-1-3-11-5-7/h1-5,15H,6H2,(H2,12,13,14,16). The Balaban J connectivity index is 2.08. The van der Waals surface area contributed by atoms with Crippen molar-refractivity contribution in [2.45, 2.75) is 6.61 Å². The number of carbonyl (C=O) groups is 1. The lowest BCUT2D eigenvalue weighted by Gasteiger charge is -2.00. The van der Waals surface area contributed by atoms with E-state index in [0.717, 1.165) is 0 Å². The molecule has 6 heteroatoms. The summed E-state index contributed by atoms with van der Waals surface area (Å²) in [5.41, 5.74) is 0.934. The molecule has 0 atom stereocenters. The fourth-order valence-corrected chi connectivity index (χ4v) is 1.20. The van der Waals surface area contributed by atoms with E-state index in [2.05, 4.69) is 20.5 Å². The van der Waals surface area contributed by atoms with Crippen LogP contribution in [0.15, 0.2) is 30.6 Å². The molecule has 0 fully saturated rings. The Morgan fingerprint density at radius 1 is 1.56 bits per heavy atom. The first-order valence-corrected chi connectivity index (χ1v) is 4.66. The van der Waals surface area contributed by atoms with Crippen molar-refractivity contribution in [1.29, 1.82) is 0 Å². The van der Waals surface area contributed by atoms with Crippen molar-refractivity contribution in [3.63, 3.8) is 0 Å². The van der Waals surface area contributed by atoms with Crippen LogP contribution in [-0.2, 0) is 6.61 Å².